The molecule has 2 aliphatic heterocycles. The van der Waals surface area contributed by atoms with Gasteiger partial charge in [0.05, 0.1) is 0 Å². The topological polar surface area (TPSA) is 102 Å². The summed E-state index contributed by atoms with van der Waals surface area (Å²) >= 11 is 0. The van der Waals surface area contributed by atoms with Crippen molar-refractivity contribution in [3.8, 4) is 24.2 Å². The molecule has 2 heterocycles. The van der Waals surface area contributed by atoms with Gasteiger partial charge >= 0.3 is 11.9 Å². The number of Topliss-reactive ketones (excluding diaryl/α,β-unsaturated/α-hetero) is 1. The minimum absolute atomic E-state index is 0.0113. The molecule has 4 rings (SSSR count). The molecule has 0 radical (unpaired) electrons. The van der Waals surface area contributed by atoms with Crippen molar-refractivity contribution in [3.63, 3.8) is 0 Å². The van der Waals surface area contributed by atoms with Crippen LogP contribution in [0.3, 0.4) is 0 Å². The highest BCUT2D eigenvalue weighted by atomic mass is 16.6. The molecule has 7 heteroatoms. The molecule has 0 aromatic rings. The zero-order valence-corrected chi connectivity index (χ0v) is 21.2. The first kappa shape index (κ1) is 29.2. The number of cyclic esters (lactones) is 2. The highest BCUT2D eigenvalue weighted by molar-refractivity contribution is 6.13. The first-order valence-corrected chi connectivity index (χ1v) is 12.1. The van der Waals surface area contributed by atoms with Crippen LogP contribution in [0.4, 0.5) is 0 Å². The lowest BCUT2D eigenvalue weighted by atomic mass is 9.71. The van der Waals surface area contributed by atoms with Gasteiger partial charge in [0.15, 0.2) is 11.9 Å². The number of nitrogens with zero attached hydrogens (tertiary/aromatic N) is 1. The number of esters is 2. The van der Waals surface area contributed by atoms with Gasteiger partial charge in [0.1, 0.15) is 22.6 Å². The first-order chi connectivity index (χ1) is 16.2. The Morgan fingerprint density at radius 2 is 1.18 bits per heavy atom. The van der Waals surface area contributed by atoms with Gasteiger partial charge in [-0.25, -0.2) is 0 Å². The fraction of sp³-hybridized carbons (Fsp3) is 0.704. The van der Waals surface area contributed by atoms with E-state index in [0.29, 0.717) is 18.6 Å². The molecular weight excluding hydrogens is 434 g/mol. The maximum Gasteiger partial charge on any atom is 0.320 e. The van der Waals surface area contributed by atoms with E-state index in [-0.39, 0.29) is 23.8 Å². The fourth-order valence-corrected chi connectivity index (χ4v) is 5.04. The lowest BCUT2D eigenvalue weighted by Gasteiger charge is -2.28. The number of rotatable bonds is 0. The fourth-order valence-electron chi connectivity index (χ4n) is 5.04. The van der Waals surface area contributed by atoms with E-state index >= 15 is 0 Å². The second-order valence-corrected chi connectivity index (χ2v) is 9.02. The number of ketones is 1. The number of ether oxygens (including phenoxy) is 2. The molecule has 1 N–H and O–H groups in total. The molecule has 2 aliphatic carbocycles. The van der Waals surface area contributed by atoms with Gasteiger partial charge in [-0.15, -0.1) is 24.2 Å². The molecule has 0 amide bonds. The van der Waals surface area contributed by atoms with Crippen LogP contribution in [-0.4, -0.2) is 40.8 Å². The summed E-state index contributed by atoms with van der Waals surface area (Å²) in [6.07, 6.45) is 13.0. The number of terminal acetylenes is 1. The summed E-state index contributed by atoms with van der Waals surface area (Å²) < 4.78 is 10.1. The van der Waals surface area contributed by atoms with Crippen molar-refractivity contribution in [2.24, 2.45) is 16.0 Å². The van der Waals surface area contributed by atoms with Gasteiger partial charge in [-0.3, -0.25) is 14.4 Å². The molecule has 2 saturated heterocycles. The van der Waals surface area contributed by atoms with Crippen molar-refractivity contribution in [1.82, 2.24) is 0 Å². The predicted octanol–water partition coefficient (Wildman–Crippen LogP) is 4.83. The Hall–Kier alpha value is -2.80. The second-order valence-electron chi connectivity index (χ2n) is 9.02. The molecule has 4 aliphatic rings. The summed E-state index contributed by atoms with van der Waals surface area (Å²) in [7, 11) is 0. The molecule has 0 bridgehead atoms. The predicted molar refractivity (Wildman–Crippen MR) is 130 cm³/mol. The van der Waals surface area contributed by atoms with Gasteiger partial charge in [0.2, 0.25) is 0 Å². The minimum atomic E-state index is -0.738. The van der Waals surface area contributed by atoms with Crippen LogP contribution in [-0.2, 0) is 23.9 Å². The number of carbonyl (C=O) groups is 3. The average molecular weight is 474 g/mol. The van der Waals surface area contributed by atoms with E-state index in [1.54, 1.807) is 20.8 Å². The van der Waals surface area contributed by atoms with Gasteiger partial charge in [-0.1, -0.05) is 43.7 Å². The molecule has 0 aromatic heterocycles. The molecule has 2 saturated carbocycles. The number of oxime groups is 1. The largest absolute Gasteiger partial charge is 0.456 e. The lowest BCUT2D eigenvalue weighted by molar-refractivity contribution is -0.150. The van der Waals surface area contributed by atoms with Crippen LogP contribution in [0.5, 0.6) is 0 Å². The van der Waals surface area contributed by atoms with E-state index in [9.17, 15) is 14.4 Å². The molecule has 7 nitrogen and oxygen atoms in total. The van der Waals surface area contributed by atoms with Gasteiger partial charge in [0, 0.05) is 0 Å². The third-order valence-electron chi connectivity index (χ3n) is 6.84. The molecule has 4 fully saturated rings. The van der Waals surface area contributed by atoms with Crippen LogP contribution in [0.15, 0.2) is 5.16 Å². The van der Waals surface area contributed by atoms with E-state index in [1.165, 1.54) is 0 Å². The zero-order chi connectivity index (χ0) is 25.8. The molecule has 0 aromatic carbocycles. The van der Waals surface area contributed by atoms with E-state index in [2.05, 4.69) is 29.3 Å². The summed E-state index contributed by atoms with van der Waals surface area (Å²) in [5.74, 6) is 7.15. The summed E-state index contributed by atoms with van der Waals surface area (Å²) in [5, 5.41) is 12.2. The van der Waals surface area contributed by atoms with Crippen LogP contribution in [0.25, 0.3) is 0 Å². The van der Waals surface area contributed by atoms with Crippen LogP contribution >= 0.6 is 0 Å². The van der Waals surface area contributed by atoms with Gasteiger partial charge < -0.3 is 14.7 Å². The van der Waals surface area contributed by atoms with E-state index < -0.39 is 16.9 Å². The number of carbonyl (C=O) groups excluding carboxylic acids is 3. The Balaban J connectivity index is 0.000000269. The molecule has 34 heavy (non-hydrogen) atoms. The van der Waals surface area contributed by atoms with Crippen molar-refractivity contribution in [1.29, 1.82) is 0 Å². The quantitative estimate of drug-likeness (QED) is 0.178. The van der Waals surface area contributed by atoms with E-state index in [1.807, 2.05) is 13.8 Å². The molecular formula is C27H39NO6. The van der Waals surface area contributed by atoms with Gasteiger partial charge in [-0.2, -0.15) is 0 Å². The van der Waals surface area contributed by atoms with Crippen LogP contribution in [0.1, 0.15) is 98.8 Å². The Morgan fingerprint density at radius 3 is 1.53 bits per heavy atom. The van der Waals surface area contributed by atoms with Gasteiger partial charge in [-0.05, 0) is 60.3 Å². The molecule has 188 valence electrons. The smallest absolute Gasteiger partial charge is 0.320 e. The van der Waals surface area contributed by atoms with Crippen molar-refractivity contribution >= 4 is 23.4 Å². The standard InChI is InChI=1S/C10H15NO3.C10H14O3.C4H6.C3H4/c1-7-8(11-13)10(9(12)14-7)5-3-2-4-6-10;1-7-8(11)10(9(12)13-7)5-3-2-4-6-10;1-3-4-2;1-3-2/h7,13H,2-6H2,1H3;7H,2-6H2,1H3;1-2H3;1H,2H3/t2*7-;;/m00../s1. The molecule has 2 atom stereocenters. The SMILES string of the molecule is C#CC.CC#CC.C[C@@H]1OC(=O)C2(CCCCC2)C1=NO.C[C@@H]1OC(=O)C2(CCCCC2)C1=O. The normalized spacial score (nSPS) is 26.8. The monoisotopic (exact) mass is 473 g/mol. The highest BCUT2D eigenvalue weighted by Gasteiger charge is 2.55. The van der Waals surface area contributed by atoms with Crippen LogP contribution in [0, 0.1) is 35.0 Å². The summed E-state index contributed by atoms with van der Waals surface area (Å²) in [4.78, 5) is 35.0. The third-order valence-corrected chi connectivity index (χ3v) is 6.84. The summed E-state index contributed by atoms with van der Waals surface area (Å²) in [6, 6.07) is 0. The second kappa shape index (κ2) is 13.8. The number of hydrogen-bond donors (Lipinski definition) is 1. The third kappa shape index (κ3) is 6.41. The zero-order valence-electron chi connectivity index (χ0n) is 21.2. The first-order valence-electron chi connectivity index (χ1n) is 12.1. The van der Waals surface area contributed by atoms with Gasteiger partial charge in [0.25, 0.3) is 0 Å². The number of hydrogen-bond acceptors (Lipinski definition) is 7. The van der Waals surface area contributed by atoms with E-state index in [0.717, 1.165) is 51.4 Å². The Bertz CT molecular complexity index is 839. The summed E-state index contributed by atoms with van der Waals surface area (Å²) in [5.41, 5.74) is -0.799. The minimum Gasteiger partial charge on any atom is -0.456 e. The maximum atomic E-state index is 11.7. The Labute approximate surface area is 204 Å². The molecule has 0 unspecified atom stereocenters. The molecule has 2 spiro atoms. The van der Waals surface area contributed by atoms with Crippen molar-refractivity contribution < 1.29 is 29.1 Å². The van der Waals surface area contributed by atoms with E-state index in [4.69, 9.17) is 14.7 Å². The summed E-state index contributed by atoms with van der Waals surface area (Å²) in [6.45, 7) is 8.72. The highest BCUT2D eigenvalue weighted by Crippen LogP contribution is 2.44. The van der Waals surface area contributed by atoms with Crippen LogP contribution in [0.2, 0.25) is 0 Å². The average Bonchev–Trinajstić information content (AvgIpc) is 3.19. The van der Waals surface area contributed by atoms with Crippen molar-refractivity contribution in [2.45, 2.75) is 111 Å². The lowest BCUT2D eigenvalue weighted by Crippen LogP contribution is -2.36. The Kier molecular flexibility index (Phi) is 11.9. The van der Waals surface area contributed by atoms with Crippen molar-refractivity contribution in [2.75, 3.05) is 0 Å². The Morgan fingerprint density at radius 1 is 0.794 bits per heavy atom. The van der Waals surface area contributed by atoms with Crippen LogP contribution < -0.4 is 0 Å². The van der Waals surface area contributed by atoms with Crippen molar-refractivity contribution in [3.05, 3.63) is 0 Å². The maximum absolute atomic E-state index is 11.7.